The first-order valence-electron chi connectivity index (χ1n) is 8.37. The molecule has 1 aliphatic rings. The molecule has 0 aliphatic heterocycles. The van der Waals surface area contributed by atoms with Gasteiger partial charge in [0.1, 0.15) is 11.5 Å². The molecule has 5 nitrogen and oxygen atoms in total. The molecule has 144 valence electrons. The number of anilines is 1. The minimum absolute atomic E-state index is 0.241. The Kier molecular flexibility index (Phi) is 5.55. The zero-order valence-electron chi connectivity index (χ0n) is 14.3. The van der Waals surface area contributed by atoms with Crippen molar-refractivity contribution in [2.45, 2.75) is 31.7 Å². The van der Waals surface area contributed by atoms with Gasteiger partial charge in [-0.25, -0.2) is 0 Å². The zero-order valence-corrected chi connectivity index (χ0v) is 14.3. The van der Waals surface area contributed by atoms with Crippen LogP contribution in [0.3, 0.4) is 0 Å². The number of fused-ring (bicyclic) bond motifs is 1. The van der Waals surface area contributed by atoms with Crippen molar-refractivity contribution in [1.82, 2.24) is 0 Å². The molecule has 0 saturated carbocycles. The van der Waals surface area contributed by atoms with Crippen LogP contribution in [0.5, 0.6) is 11.5 Å². The van der Waals surface area contributed by atoms with Gasteiger partial charge in [0, 0.05) is 12.1 Å². The molecule has 0 radical (unpaired) electrons. The highest BCUT2D eigenvalue weighted by molar-refractivity contribution is 5.92. The fourth-order valence-electron chi connectivity index (χ4n) is 2.96. The van der Waals surface area contributed by atoms with Crippen molar-refractivity contribution in [1.29, 1.82) is 0 Å². The van der Waals surface area contributed by atoms with Gasteiger partial charge in [0.15, 0.2) is 6.61 Å². The van der Waals surface area contributed by atoms with Crippen molar-refractivity contribution in [3.63, 3.8) is 0 Å². The Morgan fingerprint density at radius 3 is 2.56 bits per heavy atom. The fraction of sp³-hybridized carbons (Fsp3) is 0.316. The number of amides is 1. The SMILES string of the molecule is O=C(COc1ccc(OC(F)(F)F)cc1)Nc1cccc2c1C[C@H](O)CC2. The van der Waals surface area contributed by atoms with E-state index in [9.17, 15) is 23.1 Å². The number of hydrogen-bond donors (Lipinski definition) is 2. The summed E-state index contributed by atoms with van der Waals surface area (Å²) < 4.78 is 45.4. The van der Waals surface area contributed by atoms with Gasteiger partial charge in [-0.05, 0) is 54.3 Å². The molecule has 3 rings (SSSR count). The third-order valence-electron chi connectivity index (χ3n) is 4.16. The molecular formula is C19H18F3NO4. The molecule has 2 N–H and O–H groups in total. The maximum Gasteiger partial charge on any atom is 0.573 e. The molecule has 1 aliphatic carbocycles. The third kappa shape index (κ3) is 5.37. The van der Waals surface area contributed by atoms with Gasteiger partial charge in [0.05, 0.1) is 6.10 Å². The molecule has 0 fully saturated rings. The second-order valence-corrected chi connectivity index (χ2v) is 6.20. The van der Waals surface area contributed by atoms with E-state index in [-0.39, 0.29) is 18.1 Å². The third-order valence-corrected chi connectivity index (χ3v) is 4.16. The molecule has 1 amide bonds. The number of aliphatic hydroxyl groups is 1. The van der Waals surface area contributed by atoms with E-state index in [1.807, 2.05) is 12.1 Å². The largest absolute Gasteiger partial charge is 0.573 e. The van der Waals surface area contributed by atoms with Crippen molar-refractivity contribution in [2.24, 2.45) is 0 Å². The number of ether oxygens (including phenoxy) is 2. The number of carbonyl (C=O) groups excluding carboxylic acids is 1. The molecule has 0 heterocycles. The van der Waals surface area contributed by atoms with Gasteiger partial charge in [-0.3, -0.25) is 4.79 Å². The number of halogens is 3. The first-order chi connectivity index (χ1) is 12.8. The summed E-state index contributed by atoms with van der Waals surface area (Å²) in [6.07, 6.45) is -3.26. The fourth-order valence-corrected chi connectivity index (χ4v) is 2.96. The molecule has 0 aromatic heterocycles. The number of aryl methyl sites for hydroxylation is 1. The number of aliphatic hydroxyl groups excluding tert-OH is 1. The molecule has 27 heavy (non-hydrogen) atoms. The van der Waals surface area contributed by atoms with Crippen molar-refractivity contribution in [3.05, 3.63) is 53.6 Å². The van der Waals surface area contributed by atoms with Crippen LogP contribution in [0, 0.1) is 0 Å². The van der Waals surface area contributed by atoms with E-state index in [0.717, 1.165) is 29.7 Å². The Balaban J connectivity index is 1.56. The Labute approximate surface area is 153 Å². The van der Waals surface area contributed by atoms with Crippen molar-refractivity contribution in [3.8, 4) is 11.5 Å². The highest BCUT2D eigenvalue weighted by Crippen LogP contribution is 2.28. The van der Waals surface area contributed by atoms with Crippen LogP contribution in [0.15, 0.2) is 42.5 Å². The average molecular weight is 381 g/mol. The summed E-state index contributed by atoms with van der Waals surface area (Å²) in [7, 11) is 0. The lowest BCUT2D eigenvalue weighted by Crippen LogP contribution is -2.24. The van der Waals surface area contributed by atoms with Crippen molar-refractivity contribution >= 4 is 11.6 Å². The van der Waals surface area contributed by atoms with E-state index >= 15 is 0 Å². The predicted molar refractivity (Wildman–Crippen MR) is 91.7 cm³/mol. The average Bonchev–Trinajstić information content (AvgIpc) is 2.60. The van der Waals surface area contributed by atoms with Crippen LogP contribution in [0.4, 0.5) is 18.9 Å². The molecule has 0 unspecified atom stereocenters. The highest BCUT2D eigenvalue weighted by Gasteiger charge is 2.31. The van der Waals surface area contributed by atoms with E-state index in [4.69, 9.17) is 4.74 Å². The minimum atomic E-state index is -4.76. The summed E-state index contributed by atoms with van der Waals surface area (Å²) in [6.45, 7) is -0.300. The summed E-state index contributed by atoms with van der Waals surface area (Å²) in [5.41, 5.74) is 2.64. The van der Waals surface area contributed by atoms with Crippen LogP contribution in [-0.2, 0) is 17.6 Å². The predicted octanol–water partition coefficient (Wildman–Crippen LogP) is 3.45. The molecule has 8 heteroatoms. The van der Waals surface area contributed by atoms with Crippen LogP contribution in [-0.4, -0.2) is 30.1 Å². The lowest BCUT2D eigenvalue weighted by atomic mass is 9.88. The van der Waals surface area contributed by atoms with E-state index in [1.54, 1.807) is 6.07 Å². The number of rotatable bonds is 5. The Morgan fingerprint density at radius 1 is 1.15 bits per heavy atom. The molecule has 1 atom stereocenters. The second-order valence-electron chi connectivity index (χ2n) is 6.20. The van der Waals surface area contributed by atoms with Crippen molar-refractivity contribution < 1.29 is 32.5 Å². The maximum absolute atomic E-state index is 12.1. The van der Waals surface area contributed by atoms with Gasteiger partial charge in [0.2, 0.25) is 0 Å². The van der Waals surface area contributed by atoms with Gasteiger partial charge in [0.25, 0.3) is 5.91 Å². The lowest BCUT2D eigenvalue weighted by Gasteiger charge is -2.23. The normalized spacial score (nSPS) is 16.4. The van der Waals surface area contributed by atoms with Crippen LogP contribution < -0.4 is 14.8 Å². The molecule has 2 aromatic carbocycles. The van der Waals surface area contributed by atoms with E-state index in [2.05, 4.69) is 10.1 Å². The van der Waals surface area contributed by atoms with Crippen LogP contribution in [0.2, 0.25) is 0 Å². The molecular weight excluding hydrogens is 363 g/mol. The quantitative estimate of drug-likeness (QED) is 0.833. The van der Waals surface area contributed by atoms with Gasteiger partial charge < -0.3 is 19.9 Å². The number of nitrogens with one attached hydrogen (secondary N) is 1. The Morgan fingerprint density at radius 2 is 1.85 bits per heavy atom. The number of benzene rings is 2. The molecule has 0 spiro atoms. The lowest BCUT2D eigenvalue weighted by molar-refractivity contribution is -0.274. The van der Waals surface area contributed by atoms with Gasteiger partial charge in [-0.2, -0.15) is 0 Å². The van der Waals surface area contributed by atoms with Gasteiger partial charge in [-0.1, -0.05) is 12.1 Å². The van der Waals surface area contributed by atoms with Gasteiger partial charge in [-0.15, -0.1) is 13.2 Å². The summed E-state index contributed by atoms with van der Waals surface area (Å²) in [6, 6.07) is 10.4. The first-order valence-corrected chi connectivity index (χ1v) is 8.37. The number of carbonyl (C=O) groups is 1. The summed E-state index contributed by atoms with van der Waals surface area (Å²) in [5.74, 6) is -0.530. The van der Waals surface area contributed by atoms with Crippen LogP contribution >= 0.6 is 0 Å². The second kappa shape index (κ2) is 7.87. The standard InChI is InChI=1S/C19H18F3NO4/c20-19(21,22)27-15-8-6-14(7-9-15)26-11-18(25)23-17-3-1-2-12-4-5-13(24)10-16(12)17/h1-3,6-9,13,24H,4-5,10-11H2,(H,23,25)/t13-/m1/s1. The monoisotopic (exact) mass is 381 g/mol. The van der Waals surface area contributed by atoms with Crippen molar-refractivity contribution in [2.75, 3.05) is 11.9 Å². The topological polar surface area (TPSA) is 67.8 Å². The minimum Gasteiger partial charge on any atom is -0.484 e. The van der Waals surface area contributed by atoms with Crippen LogP contribution in [0.25, 0.3) is 0 Å². The summed E-state index contributed by atoms with van der Waals surface area (Å²) in [4.78, 5) is 12.1. The van der Waals surface area contributed by atoms with Crippen LogP contribution in [0.1, 0.15) is 17.5 Å². The summed E-state index contributed by atoms with van der Waals surface area (Å²) in [5, 5.41) is 12.6. The van der Waals surface area contributed by atoms with E-state index in [1.165, 1.54) is 12.1 Å². The summed E-state index contributed by atoms with van der Waals surface area (Å²) >= 11 is 0. The zero-order chi connectivity index (χ0) is 19.4. The number of hydrogen-bond acceptors (Lipinski definition) is 4. The van der Waals surface area contributed by atoms with Gasteiger partial charge >= 0.3 is 6.36 Å². The molecule has 0 bridgehead atoms. The highest BCUT2D eigenvalue weighted by atomic mass is 19.4. The Hall–Kier alpha value is -2.74. The van der Waals surface area contributed by atoms with E-state index < -0.39 is 18.4 Å². The molecule has 2 aromatic rings. The number of alkyl halides is 3. The maximum atomic E-state index is 12.1. The Bertz CT molecular complexity index is 806. The van der Waals surface area contributed by atoms with E-state index in [0.29, 0.717) is 18.5 Å². The molecule has 0 saturated heterocycles. The smallest absolute Gasteiger partial charge is 0.484 e. The first kappa shape index (κ1) is 19.0.